The Balaban J connectivity index is 1.45. The first kappa shape index (κ1) is 32.6. The summed E-state index contributed by atoms with van der Waals surface area (Å²) < 4.78 is 18.2. The predicted molar refractivity (Wildman–Crippen MR) is 175 cm³/mol. The number of ether oxygens (including phenoxy) is 3. The summed E-state index contributed by atoms with van der Waals surface area (Å²) in [7, 11) is 3.22. The first-order valence-corrected chi connectivity index (χ1v) is 16.6. The van der Waals surface area contributed by atoms with Gasteiger partial charge >= 0.3 is 0 Å². The topological polar surface area (TPSA) is 118 Å². The highest BCUT2D eigenvalue weighted by Gasteiger charge is 2.44. The number of para-hydroxylation sites is 1. The number of aliphatic hydroxyl groups excluding tert-OH is 2. The number of hydrogen-bond acceptors (Lipinski definition) is 7. The van der Waals surface area contributed by atoms with Crippen LogP contribution in [-0.4, -0.2) is 79.1 Å². The minimum Gasteiger partial charge on any atom is -0.497 e. The van der Waals surface area contributed by atoms with Gasteiger partial charge in [-0.1, -0.05) is 18.6 Å². The zero-order valence-electron chi connectivity index (χ0n) is 25.4. The predicted octanol–water partition coefficient (Wildman–Crippen LogP) is 4.12. The molecule has 0 radical (unpaired) electrons. The van der Waals surface area contributed by atoms with Gasteiger partial charge in [0.15, 0.2) is 0 Å². The van der Waals surface area contributed by atoms with Gasteiger partial charge in [-0.05, 0) is 108 Å². The largest absolute Gasteiger partial charge is 0.497 e. The van der Waals surface area contributed by atoms with E-state index in [9.17, 15) is 19.8 Å². The lowest BCUT2D eigenvalue weighted by molar-refractivity contribution is -0.140. The highest BCUT2D eigenvalue weighted by molar-refractivity contribution is 14.1. The molecule has 0 spiro atoms. The lowest BCUT2D eigenvalue weighted by Crippen LogP contribution is -2.55. The molecule has 2 bridgehead atoms. The van der Waals surface area contributed by atoms with Crippen molar-refractivity contribution in [2.45, 2.75) is 63.2 Å². The van der Waals surface area contributed by atoms with Crippen molar-refractivity contribution in [3.63, 3.8) is 0 Å². The molecular formula is C34H43IN2O7. The van der Waals surface area contributed by atoms with Crippen LogP contribution in [0.5, 0.6) is 17.2 Å². The van der Waals surface area contributed by atoms with Crippen molar-refractivity contribution in [1.29, 1.82) is 0 Å². The Kier molecular flexibility index (Phi) is 11.1. The molecule has 0 heterocycles. The van der Waals surface area contributed by atoms with Crippen LogP contribution >= 0.6 is 22.6 Å². The molecule has 6 atom stereocenters. The van der Waals surface area contributed by atoms with Crippen LogP contribution in [-0.2, 0) is 16.0 Å². The van der Waals surface area contributed by atoms with Crippen LogP contribution in [0.15, 0.2) is 54.1 Å². The molecule has 3 unspecified atom stereocenters. The number of aliphatic hydroxyl groups is 2. The molecule has 5 rings (SSSR count). The summed E-state index contributed by atoms with van der Waals surface area (Å²) in [5.74, 6) is 3.25. The Morgan fingerprint density at radius 1 is 1.07 bits per heavy atom. The Bertz CT molecular complexity index is 1350. The molecule has 44 heavy (non-hydrogen) atoms. The van der Waals surface area contributed by atoms with Crippen molar-refractivity contribution in [1.82, 2.24) is 10.2 Å². The molecule has 3 aliphatic rings. The number of nitrogens with zero attached hydrogens (tertiary/aromatic N) is 1. The molecule has 2 amide bonds. The van der Waals surface area contributed by atoms with Gasteiger partial charge in [0.1, 0.15) is 29.5 Å². The third-order valence-corrected chi connectivity index (χ3v) is 10.4. The molecule has 2 aromatic carbocycles. The third-order valence-electron chi connectivity index (χ3n) is 9.47. The Morgan fingerprint density at radius 3 is 2.57 bits per heavy atom. The highest BCUT2D eigenvalue weighted by Crippen LogP contribution is 2.49. The van der Waals surface area contributed by atoms with Crippen molar-refractivity contribution in [2.24, 2.45) is 17.8 Å². The summed E-state index contributed by atoms with van der Waals surface area (Å²) in [6.45, 7) is 0.240. The lowest BCUT2D eigenvalue weighted by Gasteiger charge is -2.41. The summed E-state index contributed by atoms with van der Waals surface area (Å²) in [5, 5.41) is 23.9. The molecule has 2 fully saturated rings. The van der Waals surface area contributed by atoms with Crippen LogP contribution in [0.4, 0.5) is 0 Å². The van der Waals surface area contributed by atoms with Crippen molar-refractivity contribution in [2.75, 3.05) is 33.9 Å². The zero-order chi connectivity index (χ0) is 31.2. The van der Waals surface area contributed by atoms with Gasteiger partial charge in [-0.2, -0.15) is 0 Å². The standard InChI is InChI=1S/C34H43IN2O7/c1-42-26-9-10-29(43-2)23(17-26)11-13-37(32(39)20-24-16-21-7-8-22(24)15-21)28-18-25(34(41)36-12-14-38)19-31(33(28)40)44-30-6-4-3-5-27(30)35/h3-6,9-10,17,19,21-22,24,28,31,33,38,40H,7-8,11-16,18,20H2,1-2H3,(H,36,41)/t21?,22?,24?,28-,31+,33+/m1/s1. The molecule has 2 aromatic rings. The van der Waals surface area contributed by atoms with Gasteiger partial charge < -0.3 is 34.6 Å². The lowest BCUT2D eigenvalue weighted by atomic mass is 9.84. The fraction of sp³-hybridized carbons (Fsp3) is 0.529. The summed E-state index contributed by atoms with van der Waals surface area (Å²) in [6.07, 6.45) is 5.51. The second kappa shape index (κ2) is 15.0. The number of nitrogens with one attached hydrogen (secondary N) is 1. The number of fused-ring (bicyclic) bond motifs is 2. The Hall–Kier alpha value is -2.83. The average molecular weight is 719 g/mol. The molecule has 10 heteroatoms. The van der Waals surface area contributed by atoms with Crippen LogP contribution in [0.3, 0.4) is 0 Å². The van der Waals surface area contributed by atoms with Gasteiger partial charge in [-0.15, -0.1) is 0 Å². The number of halogens is 1. The molecule has 9 nitrogen and oxygen atoms in total. The molecule has 2 saturated carbocycles. The third kappa shape index (κ3) is 7.51. The molecule has 0 saturated heterocycles. The number of methoxy groups -OCH3 is 2. The van der Waals surface area contributed by atoms with E-state index in [1.165, 1.54) is 19.3 Å². The summed E-state index contributed by atoms with van der Waals surface area (Å²) >= 11 is 2.18. The van der Waals surface area contributed by atoms with Gasteiger partial charge in [0.2, 0.25) is 11.8 Å². The summed E-state index contributed by atoms with van der Waals surface area (Å²) in [6, 6.07) is 12.4. The van der Waals surface area contributed by atoms with E-state index >= 15 is 0 Å². The van der Waals surface area contributed by atoms with E-state index in [1.54, 1.807) is 25.2 Å². The van der Waals surface area contributed by atoms with Crippen molar-refractivity contribution in [3.8, 4) is 17.2 Å². The first-order valence-electron chi connectivity index (χ1n) is 15.5. The maximum atomic E-state index is 14.3. The molecule has 3 N–H and O–H groups in total. The van der Waals surface area contributed by atoms with Crippen molar-refractivity contribution >= 4 is 34.4 Å². The van der Waals surface area contributed by atoms with Crippen molar-refractivity contribution in [3.05, 3.63) is 63.2 Å². The number of benzene rings is 2. The van der Waals surface area contributed by atoms with Gasteiger partial charge in [0.05, 0.1) is 30.4 Å². The van der Waals surface area contributed by atoms with Gasteiger partial charge in [0, 0.05) is 31.5 Å². The monoisotopic (exact) mass is 718 g/mol. The fourth-order valence-corrected chi connectivity index (χ4v) is 7.74. The fourth-order valence-electron chi connectivity index (χ4n) is 7.23. The maximum Gasteiger partial charge on any atom is 0.247 e. The molecule has 3 aliphatic carbocycles. The molecular weight excluding hydrogens is 675 g/mol. The van der Waals surface area contributed by atoms with E-state index in [-0.39, 0.29) is 31.4 Å². The SMILES string of the molecule is COc1ccc(OC)c(CCN(C(=O)CC2CC3CCC2C3)[C@@H]2CC(C(=O)NCCO)=C[C@H](Oc3ccccc3I)[C@H]2O)c1. The normalized spacial score (nSPS) is 25.7. The summed E-state index contributed by atoms with van der Waals surface area (Å²) in [5.41, 5.74) is 1.30. The van der Waals surface area contributed by atoms with E-state index in [1.807, 2.05) is 42.5 Å². The van der Waals surface area contributed by atoms with Crippen molar-refractivity contribution < 1.29 is 34.0 Å². The number of carbonyl (C=O) groups excluding carboxylic acids is 2. The number of hydrogen-bond donors (Lipinski definition) is 3. The first-order chi connectivity index (χ1) is 21.3. The van der Waals surface area contributed by atoms with E-state index in [0.717, 1.165) is 15.6 Å². The number of carbonyl (C=O) groups is 2. The molecule has 0 aromatic heterocycles. The van der Waals surface area contributed by atoms with Crippen LogP contribution in [0, 0.1) is 21.3 Å². The number of amides is 2. The van der Waals surface area contributed by atoms with Crippen LogP contribution in [0.1, 0.15) is 44.1 Å². The van der Waals surface area contributed by atoms with Crippen LogP contribution in [0.25, 0.3) is 0 Å². The highest BCUT2D eigenvalue weighted by atomic mass is 127. The Labute approximate surface area is 273 Å². The van der Waals surface area contributed by atoms with Crippen LogP contribution < -0.4 is 19.5 Å². The minimum absolute atomic E-state index is 0.0153. The maximum absolute atomic E-state index is 14.3. The number of rotatable bonds is 13. The van der Waals surface area contributed by atoms with Gasteiger partial charge in [-0.25, -0.2) is 0 Å². The second-order valence-corrected chi connectivity index (χ2v) is 13.3. The van der Waals surface area contributed by atoms with E-state index in [4.69, 9.17) is 14.2 Å². The van der Waals surface area contributed by atoms with Gasteiger partial charge in [-0.3, -0.25) is 9.59 Å². The smallest absolute Gasteiger partial charge is 0.247 e. The van der Waals surface area contributed by atoms with Crippen LogP contribution in [0.2, 0.25) is 0 Å². The summed E-state index contributed by atoms with van der Waals surface area (Å²) in [4.78, 5) is 29.2. The second-order valence-electron chi connectivity index (χ2n) is 12.1. The van der Waals surface area contributed by atoms with Gasteiger partial charge in [0.25, 0.3) is 0 Å². The van der Waals surface area contributed by atoms with E-state index in [0.29, 0.717) is 60.0 Å². The van der Waals surface area contributed by atoms with E-state index < -0.39 is 18.2 Å². The Morgan fingerprint density at radius 2 is 1.89 bits per heavy atom. The quantitative estimate of drug-likeness (QED) is 0.267. The minimum atomic E-state index is -1.07. The molecule has 0 aliphatic heterocycles. The molecule has 238 valence electrons. The van der Waals surface area contributed by atoms with E-state index in [2.05, 4.69) is 27.9 Å². The zero-order valence-corrected chi connectivity index (χ0v) is 27.6. The average Bonchev–Trinajstić information content (AvgIpc) is 3.66.